The van der Waals surface area contributed by atoms with E-state index in [1.165, 1.54) is 11.3 Å². The van der Waals surface area contributed by atoms with Gasteiger partial charge in [0.2, 0.25) is 10.0 Å². The van der Waals surface area contributed by atoms with E-state index < -0.39 is 16.1 Å². The monoisotopic (exact) mass is 369 g/mol. The van der Waals surface area contributed by atoms with Crippen LogP contribution in [0.1, 0.15) is 45.1 Å². The molecule has 0 amide bonds. The predicted molar refractivity (Wildman–Crippen MR) is 94.5 cm³/mol. The molecule has 1 saturated carbocycles. The van der Waals surface area contributed by atoms with Crippen LogP contribution < -0.4 is 4.72 Å². The summed E-state index contributed by atoms with van der Waals surface area (Å²) in [6.07, 6.45) is 6.56. The summed E-state index contributed by atoms with van der Waals surface area (Å²) in [4.78, 5) is 1.04. The second kappa shape index (κ2) is 7.35. The van der Waals surface area contributed by atoms with Gasteiger partial charge in [-0.25, -0.2) is 13.1 Å². The Kier molecular flexibility index (Phi) is 5.39. The number of aromatic nitrogens is 2. The molecule has 0 saturated heterocycles. The highest BCUT2D eigenvalue weighted by atomic mass is 32.2. The molecule has 0 spiro atoms. The van der Waals surface area contributed by atoms with Crippen molar-refractivity contribution in [1.82, 2.24) is 14.5 Å². The van der Waals surface area contributed by atoms with Gasteiger partial charge in [-0.05, 0) is 30.7 Å². The maximum absolute atomic E-state index is 12.8. The van der Waals surface area contributed by atoms with Crippen molar-refractivity contribution in [2.24, 2.45) is 0 Å². The average Bonchev–Trinajstić information content (AvgIpc) is 3.32. The molecule has 2 heterocycles. The largest absolute Gasteiger partial charge is 0.395 e. The lowest BCUT2D eigenvalue weighted by Crippen LogP contribution is -2.36. The minimum atomic E-state index is -3.74. The summed E-state index contributed by atoms with van der Waals surface area (Å²) in [5, 5.41) is 15.8. The molecule has 1 aliphatic carbocycles. The van der Waals surface area contributed by atoms with Gasteiger partial charge in [-0.1, -0.05) is 25.8 Å². The van der Waals surface area contributed by atoms with Gasteiger partial charge >= 0.3 is 0 Å². The second-order valence-electron chi connectivity index (χ2n) is 6.15. The molecule has 0 radical (unpaired) electrons. The number of nitrogens with one attached hydrogen (secondary N) is 1. The van der Waals surface area contributed by atoms with E-state index in [-0.39, 0.29) is 17.5 Å². The molecule has 3 rings (SSSR count). The van der Waals surface area contributed by atoms with Crippen LogP contribution in [-0.2, 0) is 10.0 Å². The first-order valence-electron chi connectivity index (χ1n) is 8.31. The fourth-order valence-electron chi connectivity index (χ4n) is 3.04. The lowest BCUT2D eigenvalue weighted by molar-refractivity contribution is 0.254. The lowest BCUT2D eigenvalue weighted by atomic mass is 10.3. The molecule has 0 aromatic carbocycles. The molecule has 2 aromatic heterocycles. The second-order valence-corrected chi connectivity index (χ2v) is 8.78. The molecule has 1 aliphatic rings. The third kappa shape index (κ3) is 3.56. The third-order valence-corrected chi connectivity index (χ3v) is 6.87. The Morgan fingerprint density at radius 3 is 2.79 bits per heavy atom. The van der Waals surface area contributed by atoms with Crippen molar-refractivity contribution in [3.63, 3.8) is 0 Å². The minimum absolute atomic E-state index is 0.198. The van der Waals surface area contributed by atoms with E-state index in [4.69, 9.17) is 0 Å². The molecule has 1 unspecified atom stereocenters. The summed E-state index contributed by atoms with van der Waals surface area (Å²) >= 11 is 1.48. The van der Waals surface area contributed by atoms with Gasteiger partial charge in [-0.3, -0.25) is 4.68 Å². The number of thiophene rings is 1. The van der Waals surface area contributed by atoms with E-state index in [2.05, 4.69) is 9.82 Å². The van der Waals surface area contributed by atoms with Gasteiger partial charge in [0.25, 0.3) is 0 Å². The lowest BCUT2D eigenvalue weighted by Gasteiger charge is -2.14. The number of sulfonamides is 1. The Morgan fingerprint density at radius 1 is 1.46 bits per heavy atom. The maximum atomic E-state index is 12.8. The zero-order valence-electron chi connectivity index (χ0n) is 13.7. The molecule has 8 heteroatoms. The van der Waals surface area contributed by atoms with Crippen molar-refractivity contribution in [3.05, 3.63) is 23.7 Å². The molecule has 2 aromatic rings. The van der Waals surface area contributed by atoms with Crippen LogP contribution in [0.25, 0.3) is 10.6 Å². The van der Waals surface area contributed by atoms with Crippen LogP contribution >= 0.6 is 11.3 Å². The Morgan fingerprint density at radius 2 is 2.21 bits per heavy atom. The van der Waals surface area contributed by atoms with Crippen LogP contribution in [0.5, 0.6) is 0 Å². The fraction of sp³-hybridized carbons (Fsp3) is 0.562. The maximum Gasteiger partial charge on any atom is 0.244 e. The van der Waals surface area contributed by atoms with E-state index in [1.54, 1.807) is 6.20 Å². The quantitative estimate of drug-likeness (QED) is 0.786. The Labute approximate surface area is 146 Å². The molecule has 132 valence electrons. The molecule has 1 atom stereocenters. The first kappa shape index (κ1) is 17.6. The first-order valence-corrected chi connectivity index (χ1v) is 10.7. The zero-order valence-corrected chi connectivity index (χ0v) is 15.3. The van der Waals surface area contributed by atoms with Gasteiger partial charge in [0.15, 0.2) is 0 Å². The highest BCUT2D eigenvalue weighted by Crippen LogP contribution is 2.34. The van der Waals surface area contributed by atoms with Gasteiger partial charge < -0.3 is 5.11 Å². The van der Waals surface area contributed by atoms with E-state index >= 15 is 0 Å². The third-order valence-electron chi connectivity index (χ3n) is 4.48. The number of hydrogen-bond acceptors (Lipinski definition) is 5. The summed E-state index contributed by atoms with van der Waals surface area (Å²) < 4.78 is 30.1. The van der Waals surface area contributed by atoms with Gasteiger partial charge in [0.05, 0.1) is 17.5 Å². The Hall–Kier alpha value is -1.22. The van der Waals surface area contributed by atoms with Gasteiger partial charge in [-0.2, -0.15) is 5.10 Å². The van der Waals surface area contributed by atoms with Gasteiger partial charge in [0, 0.05) is 12.2 Å². The van der Waals surface area contributed by atoms with E-state index in [0.717, 1.165) is 30.6 Å². The van der Waals surface area contributed by atoms with Crippen molar-refractivity contribution < 1.29 is 13.5 Å². The van der Waals surface area contributed by atoms with Crippen LogP contribution in [0.15, 0.2) is 28.6 Å². The molecular weight excluding hydrogens is 346 g/mol. The van der Waals surface area contributed by atoms with Crippen LogP contribution in [0.3, 0.4) is 0 Å². The standard InChI is InChI=1S/C16H23N3O3S2/c1-2-12(11-20)18-24(21,22)15-10-19(13-6-3-4-7-13)17-16(15)14-8-5-9-23-14/h5,8-10,12-13,18,20H,2-4,6-7,11H2,1H3. The summed E-state index contributed by atoms with van der Waals surface area (Å²) in [6, 6.07) is 3.56. The Balaban J connectivity index is 2.01. The summed E-state index contributed by atoms with van der Waals surface area (Å²) in [5.74, 6) is 0. The zero-order chi connectivity index (χ0) is 17.2. The molecule has 2 N–H and O–H groups in total. The normalized spacial score (nSPS) is 17.4. The molecule has 0 aliphatic heterocycles. The van der Waals surface area contributed by atoms with Crippen LogP contribution in [-0.4, -0.2) is 36.0 Å². The van der Waals surface area contributed by atoms with Gasteiger partial charge in [-0.15, -0.1) is 11.3 Å². The van der Waals surface area contributed by atoms with Crippen LogP contribution in [0.4, 0.5) is 0 Å². The van der Waals surface area contributed by atoms with Crippen molar-refractivity contribution in [2.45, 2.75) is 56.0 Å². The number of rotatable bonds is 7. The van der Waals surface area contributed by atoms with Crippen LogP contribution in [0.2, 0.25) is 0 Å². The molecule has 6 nitrogen and oxygen atoms in total. The van der Waals surface area contributed by atoms with E-state index in [0.29, 0.717) is 12.1 Å². The number of aliphatic hydroxyl groups excluding tert-OH is 1. The highest BCUT2D eigenvalue weighted by Gasteiger charge is 2.28. The number of aliphatic hydroxyl groups is 1. The molecule has 0 bridgehead atoms. The fourth-order valence-corrected chi connectivity index (χ4v) is 5.29. The van der Waals surface area contributed by atoms with Crippen LogP contribution in [0, 0.1) is 0 Å². The topological polar surface area (TPSA) is 84.2 Å². The predicted octanol–water partition coefficient (Wildman–Crippen LogP) is 2.78. The number of nitrogens with zero attached hydrogens (tertiary/aromatic N) is 2. The number of hydrogen-bond donors (Lipinski definition) is 2. The SMILES string of the molecule is CCC(CO)NS(=O)(=O)c1cn(C2CCCC2)nc1-c1cccs1. The highest BCUT2D eigenvalue weighted by molar-refractivity contribution is 7.89. The van der Waals surface area contributed by atoms with Gasteiger partial charge in [0.1, 0.15) is 10.6 Å². The average molecular weight is 370 g/mol. The summed E-state index contributed by atoms with van der Waals surface area (Å²) in [6.45, 7) is 1.62. The van der Waals surface area contributed by atoms with E-state index in [1.807, 2.05) is 29.1 Å². The Bertz CT molecular complexity index is 759. The van der Waals surface area contributed by atoms with Crippen molar-refractivity contribution in [2.75, 3.05) is 6.61 Å². The first-order chi connectivity index (χ1) is 11.5. The van der Waals surface area contributed by atoms with E-state index in [9.17, 15) is 13.5 Å². The van der Waals surface area contributed by atoms with Crippen molar-refractivity contribution >= 4 is 21.4 Å². The summed E-state index contributed by atoms with van der Waals surface area (Å²) in [5.41, 5.74) is 0.497. The van der Waals surface area contributed by atoms with Crippen molar-refractivity contribution in [3.8, 4) is 10.6 Å². The molecule has 1 fully saturated rings. The molecular formula is C16H23N3O3S2. The molecule has 24 heavy (non-hydrogen) atoms. The van der Waals surface area contributed by atoms with Crippen molar-refractivity contribution in [1.29, 1.82) is 0 Å². The summed E-state index contributed by atoms with van der Waals surface area (Å²) in [7, 11) is -3.74. The minimum Gasteiger partial charge on any atom is -0.395 e. The smallest absolute Gasteiger partial charge is 0.244 e.